The number of hydrogen-bond donors (Lipinski definition) is 0. The molecule has 6 heteroatoms. The van der Waals surface area contributed by atoms with Gasteiger partial charge in [-0.2, -0.15) is 0 Å². The molecule has 0 amide bonds. The Morgan fingerprint density at radius 2 is 1.53 bits per heavy atom. The summed E-state index contributed by atoms with van der Waals surface area (Å²) in [5.74, 6) is -3.39. The van der Waals surface area contributed by atoms with E-state index < -0.39 is 23.3 Å². The second kappa shape index (κ2) is 3.82. The first-order valence-corrected chi connectivity index (χ1v) is 4.70. The molecule has 86 valence electrons. The molecule has 0 unspecified atom stereocenters. The molecule has 1 aromatic carbocycles. The summed E-state index contributed by atoms with van der Waals surface area (Å²) in [6.07, 6.45) is 0. The zero-order chi connectivity index (χ0) is 12.6. The first kappa shape index (κ1) is 11.0. The quantitative estimate of drug-likeness (QED) is 0.632. The number of aryl methyl sites for hydroxylation is 1. The molecule has 2 aromatic rings. The lowest BCUT2D eigenvalue weighted by Crippen LogP contribution is -2.32. The molecule has 0 saturated carbocycles. The van der Waals surface area contributed by atoms with E-state index in [1.54, 1.807) is 25.1 Å². The Morgan fingerprint density at radius 3 is 2.06 bits per heavy atom. The monoisotopic (exact) mass is 230 g/mol. The Morgan fingerprint density at radius 1 is 1.00 bits per heavy atom. The van der Waals surface area contributed by atoms with E-state index in [0.717, 1.165) is 5.56 Å². The molecular weight excluding hydrogens is 224 g/mol. The molecule has 0 aliphatic heterocycles. The molecule has 2 rings (SSSR count). The van der Waals surface area contributed by atoms with Gasteiger partial charge in [-0.15, -0.1) is 0 Å². The molecule has 0 atom stereocenters. The highest BCUT2D eigenvalue weighted by Crippen LogP contribution is 2.14. The van der Waals surface area contributed by atoms with Gasteiger partial charge in [-0.1, -0.05) is 6.07 Å². The fraction of sp³-hybridized carbons (Fsp3) is 0.0909. The number of aromatic carboxylic acids is 2. The van der Waals surface area contributed by atoms with E-state index in [1.165, 1.54) is 0 Å². The molecule has 0 aliphatic carbocycles. The number of carbonyl (C=O) groups excluding carboxylic acids is 2. The van der Waals surface area contributed by atoms with E-state index in [1.807, 2.05) is 0 Å². The summed E-state index contributed by atoms with van der Waals surface area (Å²) in [7, 11) is 0. The van der Waals surface area contributed by atoms with Crippen molar-refractivity contribution in [3.63, 3.8) is 0 Å². The van der Waals surface area contributed by atoms with Gasteiger partial charge in [0, 0.05) is 0 Å². The van der Waals surface area contributed by atoms with Crippen LogP contribution in [0.1, 0.15) is 26.5 Å². The van der Waals surface area contributed by atoms with Gasteiger partial charge < -0.3 is 19.8 Å². The fourth-order valence-corrected chi connectivity index (χ4v) is 1.45. The van der Waals surface area contributed by atoms with Crippen molar-refractivity contribution in [1.29, 1.82) is 0 Å². The largest absolute Gasteiger partial charge is 0.543 e. The summed E-state index contributed by atoms with van der Waals surface area (Å²) in [6, 6.07) is 4.88. The van der Waals surface area contributed by atoms with Crippen LogP contribution < -0.4 is 10.2 Å². The first-order valence-electron chi connectivity index (χ1n) is 4.70. The molecule has 1 aromatic heterocycles. The maximum atomic E-state index is 10.8. The van der Waals surface area contributed by atoms with Crippen molar-refractivity contribution < 1.29 is 19.8 Å². The Hall–Kier alpha value is -2.50. The number of carboxylic acids is 2. The number of hydrogen-bond acceptors (Lipinski definition) is 6. The van der Waals surface area contributed by atoms with Crippen LogP contribution in [0.25, 0.3) is 11.0 Å². The normalized spacial score (nSPS) is 10.4. The van der Waals surface area contributed by atoms with E-state index >= 15 is 0 Å². The molecule has 0 spiro atoms. The molecular formula is C11H6N2O4-2. The zero-order valence-corrected chi connectivity index (χ0v) is 8.76. The molecule has 17 heavy (non-hydrogen) atoms. The predicted octanol–water partition coefficient (Wildman–Crippen LogP) is -1.33. The Bertz CT molecular complexity index is 637. The van der Waals surface area contributed by atoms with E-state index in [2.05, 4.69) is 9.97 Å². The van der Waals surface area contributed by atoms with Crippen LogP contribution in [0.5, 0.6) is 0 Å². The Labute approximate surface area is 95.6 Å². The molecule has 6 nitrogen and oxygen atoms in total. The molecule has 0 bridgehead atoms. The lowest BCUT2D eigenvalue weighted by molar-refractivity contribution is -0.260. The molecule has 0 saturated heterocycles. The van der Waals surface area contributed by atoms with Gasteiger partial charge in [-0.05, 0) is 24.6 Å². The highest BCUT2D eigenvalue weighted by atomic mass is 16.4. The van der Waals surface area contributed by atoms with Gasteiger partial charge in [-0.25, -0.2) is 9.97 Å². The summed E-state index contributed by atoms with van der Waals surface area (Å²) in [6.45, 7) is 1.80. The topological polar surface area (TPSA) is 106 Å². The van der Waals surface area contributed by atoms with Crippen molar-refractivity contribution in [2.75, 3.05) is 0 Å². The molecule has 0 radical (unpaired) electrons. The van der Waals surface area contributed by atoms with Crippen LogP contribution >= 0.6 is 0 Å². The second-order valence-electron chi connectivity index (χ2n) is 3.49. The van der Waals surface area contributed by atoms with Crippen LogP contribution in [-0.4, -0.2) is 21.9 Å². The van der Waals surface area contributed by atoms with Crippen LogP contribution in [0.3, 0.4) is 0 Å². The Balaban J connectivity index is 2.81. The molecule has 0 fully saturated rings. The third kappa shape index (κ3) is 1.92. The number of nitrogens with zero attached hydrogens (tertiary/aromatic N) is 2. The molecule has 0 aliphatic rings. The van der Waals surface area contributed by atoms with Gasteiger partial charge in [-0.3, -0.25) is 0 Å². The smallest absolute Gasteiger partial charge is 0.114 e. The fourth-order valence-electron chi connectivity index (χ4n) is 1.45. The average Bonchev–Trinajstić information content (AvgIpc) is 2.26. The number of rotatable bonds is 2. The number of benzene rings is 1. The van der Waals surface area contributed by atoms with Gasteiger partial charge in [0.1, 0.15) is 11.4 Å². The van der Waals surface area contributed by atoms with Crippen molar-refractivity contribution >= 4 is 23.0 Å². The summed E-state index contributed by atoms with van der Waals surface area (Å²) in [5.41, 5.74) is 0.00995. The molecule has 1 heterocycles. The maximum Gasteiger partial charge on any atom is 0.114 e. The van der Waals surface area contributed by atoms with E-state index in [4.69, 9.17) is 0 Å². The van der Waals surface area contributed by atoms with Crippen molar-refractivity contribution in [2.45, 2.75) is 6.92 Å². The van der Waals surface area contributed by atoms with Crippen LogP contribution in [0, 0.1) is 6.92 Å². The van der Waals surface area contributed by atoms with Crippen LogP contribution in [0.2, 0.25) is 0 Å². The van der Waals surface area contributed by atoms with E-state index in [9.17, 15) is 19.8 Å². The first-order chi connectivity index (χ1) is 7.99. The highest BCUT2D eigenvalue weighted by molar-refractivity contribution is 5.99. The van der Waals surface area contributed by atoms with Gasteiger partial charge in [0.05, 0.1) is 23.0 Å². The number of fused-ring (bicyclic) bond motifs is 1. The van der Waals surface area contributed by atoms with Crippen LogP contribution in [0.15, 0.2) is 18.2 Å². The van der Waals surface area contributed by atoms with Crippen molar-refractivity contribution in [2.24, 2.45) is 0 Å². The minimum absolute atomic E-state index is 0.291. The van der Waals surface area contributed by atoms with Gasteiger partial charge in [0.15, 0.2) is 0 Å². The average molecular weight is 230 g/mol. The number of aromatic nitrogens is 2. The van der Waals surface area contributed by atoms with Crippen molar-refractivity contribution in [3.8, 4) is 0 Å². The van der Waals surface area contributed by atoms with Crippen molar-refractivity contribution in [1.82, 2.24) is 9.97 Å². The lowest BCUT2D eigenvalue weighted by Gasteiger charge is -2.10. The van der Waals surface area contributed by atoms with Gasteiger partial charge in [0.25, 0.3) is 0 Å². The van der Waals surface area contributed by atoms with E-state index in [0.29, 0.717) is 11.0 Å². The second-order valence-corrected chi connectivity index (χ2v) is 3.49. The minimum atomic E-state index is -1.70. The minimum Gasteiger partial charge on any atom is -0.543 e. The number of carboxylic acid groups (broad SMARTS) is 2. The summed E-state index contributed by atoms with van der Waals surface area (Å²) < 4.78 is 0. The van der Waals surface area contributed by atoms with Crippen molar-refractivity contribution in [3.05, 3.63) is 35.2 Å². The highest BCUT2D eigenvalue weighted by Gasteiger charge is 2.10. The number of carbonyl (C=O) groups is 2. The zero-order valence-electron chi connectivity index (χ0n) is 8.76. The van der Waals surface area contributed by atoms with Crippen LogP contribution in [-0.2, 0) is 0 Å². The summed E-state index contributed by atoms with van der Waals surface area (Å²) in [4.78, 5) is 28.9. The van der Waals surface area contributed by atoms with E-state index in [-0.39, 0.29) is 0 Å². The SMILES string of the molecule is Cc1ccc2nc(C(=O)[O-])c(C(=O)[O-])nc2c1. The van der Waals surface area contributed by atoms with Crippen LogP contribution in [0.4, 0.5) is 0 Å². The third-order valence-electron chi connectivity index (χ3n) is 2.21. The Kier molecular flexibility index (Phi) is 2.47. The molecule has 0 N–H and O–H groups in total. The summed E-state index contributed by atoms with van der Waals surface area (Å²) >= 11 is 0. The summed E-state index contributed by atoms with van der Waals surface area (Å²) in [5, 5.41) is 21.5. The van der Waals surface area contributed by atoms with Gasteiger partial charge in [0.2, 0.25) is 0 Å². The van der Waals surface area contributed by atoms with Gasteiger partial charge >= 0.3 is 0 Å². The maximum absolute atomic E-state index is 10.8. The predicted molar refractivity (Wildman–Crippen MR) is 52.9 cm³/mol. The standard InChI is InChI=1S/C11H8N2O4/c1-5-2-3-6-7(4-5)13-9(11(16)17)8(12-6)10(14)15/h2-4H,1H3,(H,14,15)(H,16,17)/p-2. The lowest BCUT2D eigenvalue weighted by atomic mass is 10.2. The third-order valence-corrected chi connectivity index (χ3v) is 2.21.